The fraction of sp³-hybridized carbons (Fsp3) is 0.571. The first kappa shape index (κ1) is 20.7. The van der Waals surface area contributed by atoms with E-state index in [9.17, 15) is 4.79 Å². The third-order valence-corrected chi connectivity index (χ3v) is 6.03. The summed E-state index contributed by atoms with van der Waals surface area (Å²) in [5, 5.41) is 9.69. The van der Waals surface area contributed by atoms with Crippen LogP contribution in [0, 0.1) is 0 Å². The second-order valence-corrected chi connectivity index (χ2v) is 9.35. The predicted molar refractivity (Wildman–Crippen MR) is 111 cm³/mol. The molecule has 3 rings (SSSR count). The number of rotatable bonds is 6. The molecule has 1 saturated carbocycles. The summed E-state index contributed by atoms with van der Waals surface area (Å²) in [7, 11) is 2.13. The molecule has 0 aliphatic heterocycles. The molecule has 0 saturated heterocycles. The minimum atomic E-state index is -1.06. The molecular formula is C21H29N3O3S. The summed E-state index contributed by atoms with van der Waals surface area (Å²) in [5.41, 5.74) is 0.926. The van der Waals surface area contributed by atoms with Gasteiger partial charge in [0, 0.05) is 24.6 Å². The second-order valence-electron chi connectivity index (χ2n) is 8.41. The van der Waals surface area contributed by atoms with Crippen LogP contribution in [0.5, 0.6) is 0 Å². The topological polar surface area (TPSA) is 79.5 Å². The molecule has 1 fully saturated rings. The second kappa shape index (κ2) is 8.55. The third kappa shape index (κ3) is 5.07. The Balaban J connectivity index is 1.81. The maximum Gasteiger partial charge on any atom is 0.371 e. The average Bonchev–Trinajstić information content (AvgIpc) is 3.15. The van der Waals surface area contributed by atoms with Gasteiger partial charge in [-0.2, -0.15) is 0 Å². The summed E-state index contributed by atoms with van der Waals surface area (Å²) in [6.07, 6.45) is 6.29. The lowest BCUT2D eigenvalue weighted by atomic mass is 9.91. The number of carboxylic acids is 1. The van der Waals surface area contributed by atoms with Crippen molar-refractivity contribution < 1.29 is 14.3 Å². The number of aromatic nitrogens is 2. The highest BCUT2D eigenvalue weighted by atomic mass is 32.2. The summed E-state index contributed by atoms with van der Waals surface area (Å²) >= 11 is 1.47. The van der Waals surface area contributed by atoms with E-state index in [-0.39, 0.29) is 11.2 Å². The number of aromatic carboxylic acids is 1. The third-order valence-electron chi connectivity index (χ3n) is 5.16. The molecule has 2 heterocycles. The fourth-order valence-corrected chi connectivity index (χ4v) is 4.15. The van der Waals surface area contributed by atoms with Gasteiger partial charge in [0.2, 0.25) is 5.76 Å². The van der Waals surface area contributed by atoms with Gasteiger partial charge in [0.25, 0.3) is 0 Å². The van der Waals surface area contributed by atoms with E-state index in [2.05, 4.69) is 38.8 Å². The van der Waals surface area contributed by atoms with Crippen LogP contribution >= 0.6 is 11.8 Å². The highest BCUT2D eigenvalue weighted by molar-refractivity contribution is 7.98. The lowest BCUT2D eigenvalue weighted by Gasteiger charge is -2.33. The van der Waals surface area contributed by atoms with Gasteiger partial charge in [0.1, 0.15) is 11.6 Å². The van der Waals surface area contributed by atoms with E-state index in [0.29, 0.717) is 22.7 Å². The van der Waals surface area contributed by atoms with Crippen LogP contribution in [0.4, 0.5) is 5.82 Å². The van der Waals surface area contributed by atoms with E-state index in [1.807, 2.05) is 0 Å². The van der Waals surface area contributed by atoms with Crippen molar-refractivity contribution in [3.05, 3.63) is 35.4 Å². The molecule has 0 amide bonds. The van der Waals surface area contributed by atoms with Crippen molar-refractivity contribution in [2.45, 2.75) is 75.2 Å². The normalized spacial score (nSPS) is 15.6. The van der Waals surface area contributed by atoms with Crippen molar-refractivity contribution in [1.82, 2.24) is 9.97 Å². The number of carboxylic acid groups (broad SMARTS) is 1. The molecule has 2 aromatic rings. The highest BCUT2D eigenvalue weighted by Crippen LogP contribution is 2.31. The quantitative estimate of drug-likeness (QED) is 0.529. The van der Waals surface area contributed by atoms with Crippen LogP contribution in [0.15, 0.2) is 27.8 Å². The molecule has 0 bridgehead atoms. The Morgan fingerprint density at radius 1 is 1.25 bits per heavy atom. The monoisotopic (exact) mass is 403 g/mol. The minimum absolute atomic E-state index is 0.0438. The van der Waals surface area contributed by atoms with Crippen LogP contribution in [0.3, 0.4) is 0 Å². The van der Waals surface area contributed by atoms with Gasteiger partial charge in [-0.15, -0.1) is 0 Å². The number of thioether (sulfide) groups is 1. The molecular weight excluding hydrogens is 374 g/mol. The Labute approximate surface area is 170 Å². The molecule has 0 atom stereocenters. The van der Waals surface area contributed by atoms with Crippen LogP contribution in [0.1, 0.15) is 74.9 Å². The minimum Gasteiger partial charge on any atom is -0.475 e. The van der Waals surface area contributed by atoms with E-state index in [1.165, 1.54) is 49.9 Å². The smallest absolute Gasteiger partial charge is 0.371 e. The molecule has 2 aromatic heterocycles. The SMILES string of the molecule is CN(c1cc(C(C)(C)C)nc(SCc2ccc(C(=O)O)o2)n1)C1CCCCC1. The molecule has 0 radical (unpaired) electrons. The first-order valence-electron chi connectivity index (χ1n) is 9.81. The van der Waals surface area contributed by atoms with Crippen molar-refractivity contribution >= 4 is 23.5 Å². The number of nitrogens with zero attached hydrogens (tertiary/aromatic N) is 3. The molecule has 1 aliphatic rings. The molecule has 1 aliphatic carbocycles. The molecule has 28 heavy (non-hydrogen) atoms. The van der Waals surface area contributed by atoms with Crippen molar-refractivity contribution in [3.63, 3.8) is 0 Å². The lowest BCUT2D eigenvalue weighted by Crippen LogP contribution is -2.34. The van der Waals surface area contributed by atoms with Gasteiger partial charge in [-0.05, 0) is 25.0 Å². The summed E-state index contributed by atoms with van der Waals surface area (Å²) < 4.78 is 5.35. The number of carbonyl (C=O) groups is 1. The molecule has 0 spiro atoms. The predicted octanol–water partition coefficient (Wildman–Crippen LogP) is 5.13. The average molecular weight is 404 g/mol. The first-order valence-corrected chi connectivity index (χ1v) is 10.8. The largest absolute Gasteiger partial charge is 0.475 e. The van der Waals surface area contributed by atoms with Gasteiger partial charge in [-0.3, -0.25) is 0 Å². The molecule has 1 N–H and O–H groups in total. The van der Waals surface area contributed by atoms with Gasteiger partial charge in [-0.1, -0.05) is 51.8 Å². The maximum absolute atomic E-state index is 11.0. The summed E-state index contributed by atoms with van der Waals surface area (Å²) in [6, 6.07) is 5.80. The highest BCUT2D eigenvalue weighted by Gasteiger charge is 2.23. The fourth-order valence-electron chi connectivity index (χ4n) is 3.40. The van der Waals surface area contributed by atoms with Gasteiger partial charge < -0.3 is 14.4 Å². The lowest BCUT2D eigenvalue weighted by molar-refractivity contribution is 0.0661. The Kier molecular flexibility index (Phi) is 6.33. The Morgan fingerprint density at radius 3 is 2.57 bits per heavy atom. The van der Waals surface area contributed by atoms with E-state index in [4.69, 9.17) is 19.5 Å². The van der Waals surface area contributed by atoms with E-state index in [1.54, 1.807) is 6.07 Å². The van der Waals surface area contributed by atoms with Crippen molar-refractivity contribution in [2.75, 3.05) is 11.9 Å². The van der Waals surface area contributed by atoms with Gasteiger partial charge >= 0.3 is 5.97 Å². The Bertz CT molecular complexity index is 823. The maximum atomic E-state index is 11.0. The number of hydrogen-bond acceptors (Lipinski definition) is 6. The van der Waals surface area contributed by atoms with Gasteiger partial charge in [0.15, 0.2) is 5.16 Å². The molecule has 152 valence electrons. The van der Waals surface area contributed by atoms with Crippen LogP contribution in [-0.2, 0) is 11.2 Å². The summed E-state index contributed by atoms with van der Waals surface area (Å²) in [5.74, 6) is 0.957. The van der Waals surface area contributed by atoms with E-state index < -0.39 is 5.97 Å². The zero-order chi connectivity index (χ0) is 20.3. The van der Waals surface area contributed by atoms with E-state index >= 15 is 0 Å². The standard InChI is InChI=1S/C21H29N3O3S/c1-21(2,3)17-12-18(24(4)14-8-6-5-7-9-14)23-20(22-17)28-13-15-10-11-16(27-15)19(25)26/h10-12,14H,5-9,13H2,1-4H3,(H,25,26). The summed E-state index contributed by atoms with van der Waals surface area (Å²) in [4.78, 5) is 22.8. The first-order chi connectivity index (χ1) is 13.2. The molecule has 0 aromatic carbocycles. The zero-order valence-electron chi connectivity index (χ0n) is 17.1. The van der Waals surface area contributed by atoms with Gasteiger partial charge in [0.05, 0.1) is 11.4 Å². The van der Waals surface area contributed by atoms with Crippen molar-refractivity contribution in [1.29, 1.82) is 0 Å². The molecule has 7 heteroatoms. The van der Waals surface area contributed by atoms with Crippen LogP contribution < -0.4 is 4.90 Å². The van der Waals surface area contributed by atoms with Crippen LogP contribution in [-0.4, -0.2) is 34.1 Å². The Hall–Kier alpha value is -2.02. The number of hydrogen-bond donors (Lipinski definition) is 1. The Morgan fingerprint density at radius 2 is 1.96 bits per heavy atom. The van der Waals surface area contributed by atoms with Crippen LogP contribution in [0.25, 0.3) is 0 Å². The van der Waals surface area contributed by atoms with Crippen molar-refractivity contribution in [3.8, 4) is 0 Å². The van der Waals surface area contributed by atoms with E-state index in [0.717, 1.165) is 11.5 Å². The molecule has 0 unspecified atom stereocenters. The molecule has 6 nitrogen and oxygen atoms in total. The van der Waals surface area contributed by atoms with Crippen LogP contribution in [0.2, 0.25) is 0 Å². The summed E-state index contributed by atoms with van der Waals surface area (Å²) in [6.45, 7) is 6.46. The number of furan rings is 1. The van der Waals surface area contributed by atoms with Crippen molar-refractivity contribution in [2.24, 2.45) is 0 Å². The van der Waals surface area contributed by atoms with Gasteiger partial charge in [-0.25, -0.2) is 14.8 Å². The zero-order valence-corrected chi connectivity index (χ0v) is 17.9. The number of anilines is 1.